The first kappa shape index (κ1) is 40.3. The van der Waals surface area contributed by atoms with Crippen molar-refractivity contribution in [2.75, 3.05) is 46.6 Å². The van der Waals surface area contributed by atoms with Gasteiger partial charge in [-0.15, -0.1) is 0 Å². The van der Waals surface area contributed by atoms with Gasteiger partial charge >= 0.3 is 0 Å². The number of hydrogen-bond acceptors (Lipinski definition) is 10. The molecule has 2 saturated heterocycles. The van der Waals surface area contributed by atoms with Crippen LogP contribution < -0.4 is 31.1 Å². The van der Waals surface area contributed by atoms with E-state index in [1.54, 1.807) is 36.9 Å². The van der Waals surface area contributed by atoms with E-state index in [1.165, 1.54) is 0 Å². The average Bonchev–Trinajstić information content (AvgIpc) is 3.24. The van der Waals surface area contributed by atoms with Gasteiger partial charge in [0.15, 0.2) is 10.2 Å². The first-order chi connectivity index (χ1) is 28.2. The minimum atomic E-state index is 0.285. The summed E-state index contributed by atoms with van der Waals surface area (Å²) in [5.41, 5.74) is 4.62. The summed E-state index contributed by atoms with van der Waals surface area (Å²) in [4.78, 5) is 22.2. The van der Waals surface area contributed by atoms with Crippen molar-refractivity contribution in [2.45, 2.75) is 37.8 Å². The van der Waals surface area contributed by atoms with E-state index in [1.807, 2.05) is 60.7 Å². The Bertz CT molecular complexity index is 2510. The Hall–Kier alpha value is -5.90. The molecule has 16 heteroatoms. The Labute approximate surface area is 357 Å². The lowest BCUT2D eigenvalue weighted by molar-refractivity contribution is 0.466. The van der Waals surface area contributed by atoms with Crippen LogP contribution in [0.5, 0.6) is 0 Å². The van der Waals surface area contributed by atoms with E-state index in [0.29, 0.717) is 37.4 Å². The molecule has 0 atom stereocenters. The molecule has 4 heterocycles. The van der Waals surface area contributed by atoms with Gasteiger partial charge in [-0.3, -0.25) is 0 Å². The number of benzene rings is 4. The molecule has 2 aliphatic heterocycles. The molecule has 4 aromatic carbocycles. The molecule has 292 valence electrons. The second-order valence-electron chi connectivity index (χ2n) is 13.8. The highest BCUT2D eigenvalue weighted by Crippen LogP contribution is 2.29. The van der Waals surface area contributed by atoms with Gasteiger partial charge in [0.05, 0.1) is 34.3 Å². The van der Waals surface area contributed by atoms with Crippen molar-refractivity contribution in [1.29, 1.82) is 10.5 Å². The topological polar surface area (TPSA) is 154 Å². The number of aromatic nitrogens is 4. The monoisotopic (exact) mass is 844 g/mol. The zero-order valence-electron chi connectivity index (χ0n) is 31.2. The number of nitrogens with one attached hydrogen (secondary N) is 4. The van der Waals surface area contributed by atoms with Crippen LogP contribution >= 0.6 is 47.6 Å². The molecule has 0 radical (unpaired) electrons. The van der Waals surface area contributed by atoms with E-state index in [9.17, 15) is 0 Å². The van der Waals surface area contributed by atoms with Crippen molar-refractivity contribution in [1.82, 2.24) is 30.6 Å². The molecule has 2 fully saturated rings. The van der Waals surface area contributed by atoms with Gasteiger partial charge in [0.25, 0.3) is 0 Å². The third-order valence-corrected chi connectivity index (χ3v) is 10.8. The van der Waals surface area contributed by atoms with Crippen molar-refractivity contribution >= 4 is 103 Å². The highest BCUT2D eigenvalue weighted by Gasteiger charge is 2.24. The maximum Gasteiger partial charge on any atom is 0.170 e. The Morgan fingerprint density at radius 2 is 1.07 bits per heavy atom. The number of rotatable bonds is 6. The van der Waals surface area contributed by atoms with Crippen molar-refractivity contribution in [3.63, 3.8) is 0 Å². The summed E-state index contributed by atoms with van der Waals surface area (Å²) >= 11 is 23.1. The Morgan fingerprint density at radius 1 is 0.586 bits per heavy atom. The number of hydrogen-bond donors (Lipinski definition) is 4. The molecule has 12 nitrogen and oxygen atoms in total. The number of piperidine rings is 2. The quantitative estimate of drug-likeness (QED) is 0.119. The molecule has 0 spiro atoms. The van der Waals surface area contributed by atoms with E-state index in [4.69, 9.17) is 58.2 Å². The predicted molar refractivity (Wildman–Crippen MR) is 241 cm³/mol. The maximum atomic E-state index is 9.01. The second kappa shape index (κ2) is 19.0. The van der Waals surface area contributed by atoms with Gasteiger partial charge < -0.3 is 31.1 Å². The van der Waals surface area contributed by atoms with Crippen LogP contribution in [0.4, 0.5) is 23.0 Å². The molecule has 4 N–H and O–H groups in total. The van der Waals surface area contributed by atoms with Crippen molar-refractivity contribution in [3.8, 4) is 12.1 Å². The summed E-state index contributed by atoms with van der Waals surface area (Å²) in [7, 11) is 0. The van der Waals surface area contributed by atoms with Gasteiger partial charge in [0, 0.05) is 70.5 Å². The highest BCUT2D eigenvalue weighted by atomic mass is 35.5. The normalized spacial score (nSPS) is 14.4. The van der Waals surface area contributed by atoms with Crippen LogP contribution in [0.3, 0.4) is 0 Å². The first-order valence-corrected chi connectivity index (χ1v) is 20.3. The summed E-state index contributed by atoms with van der Waals surface area (Å²) in [5, 5.41) is 35.5. The number of nitriles is 2. The standard InChI is InChI=1S/2C21H19ClN6S/c22-15-3-6-18-19(11-15)24-13-25-20(18)28-9-7-17(8-10-28)27-21(29)26-16-4-1-14(12-23)2-5-16;22-15-4-5-18-19(11-15)24-13-25-20(18)28-8-6-16(7-9-28)26-21(29)27-17-3-1-2-14(10-17)12-23/h1-6,11,13,17H,7-10H2,(H2,26,27,29);1-5,10-11,13,16H,6-9H2,(H2,26,27,29). The van der Waals surface area contributed by atoms with E-state index >= 15 is 0 Å². The predicted octanol–water partition coefficient (Wildman–Crippen LogP) is 8.22. The lowest BCUT2D eigenvalue weighted by Crippen LogP contribution is -2.46. The molecule has 0 amide bonds. The van der Waals surface area contributed by atoms with Crippen LogP contribution in [0.15, 0.2) is 97.6 Å². The number of anilines is 4. The fraction of sp³-hybridized carbons (Fsp3) is 0.238. The minimum absolute atomic E-state index is 0.285. The summed E-state index contributed by atoms with van der Waals surface area (Å²) in [6.07, 6.45) is 6.97. The third-order valence-electron chi connectivity index (χ3n) is 9.94. The van der Waals surface area contributed by atoms with Crippen LogP contribution in [0.25, 0.3) is 21.8 Å². The summed E-state index contributed by atoms with van der Waals surface area (Å²) in [6, 6.07) is 30.8. The Morgan fingerprint density at radius 3 is 1.55 bits per heavy atom. The third kappa shape index (κ3) is 10.3. The molecule has 2 aromatic heterocycles. The number of thiocarbonyl (C=S) groups is 2. The lowest BCUT2D eigenvalue weighted by Gasteiger charge is -2.34. The molecule has 0 saturated carbocycles. The average molecular weight is 846 g/mol. The molecule has 0 bridgehead atoms. The van der Waals surface area contributed by atoms with E-state index in [-0.39, 0.29) is 6.04 Å². The summed E-state index contributed by atoms with van der Waals surface area (Å²) < 4.78 is 0. The van der Waals surface area contributed by atoms with Gasteiger partial charge in [0.2, 0.25) is 0 Å². The first-order valence-electron chi connectivity index (χ1n) is 18.7. The zero-order chi connectivity index (χ0) is 40.4. The van der Waals surface area contributed by atoms with Crippen LogP contribution in [0, 0.1) is 22.7 Å². The molecule has 0 aliphatic carbocycles. The molecule has 6 aromatic rings. The number of nitrogens with zero attached hydrogens (tertiary/aromatic N) is 8. The molecular weight excluding hydrogens is 808 g/mol. The molecule has 58 heavy (non-hydrogen) atoms. The molecule has 2 aliphatic rings. The highest BCUT2D eigenvalue weighted by molar-refractivity contribution is 7.80. The fourth-order valence-electron chi connectivity index (χ4n) is 7.01. The van der Waals surface area contributed by atoms with Crippen LogP contribution in [-0.4, -0.2) is 68.4 Å². The minimum Gasteiger partial charge on any atom is -0.360 e. The van der Waals surface area contributed by atoms with Gasteiger partial charge in [-0.1, -0.05) is 29.3 Å². The van der Waals surface area contributed by atoms with Crippen molar-refractivity contribution in [3.05, 3.63) is 119 Å². The van der Waals surface area contributed by atoms with Crippen LogP contribution in [0.2, 0.25) is 10.0 Å². The Kier molecular flexibility index (Phi) is 13.2. The smallest absolute Gasteiger partial charge is 0.170 e. The fourth-order valence-corrected chi connectivity index (χ4v) is 7.91. The lowest BCUT2D eigenvalue weighted by atomic mass is 10.0. The number of fused-ring (bicyclic) bond motifs is 2. The van der Waals surface area contributed by atoms with Gasteiger partial charge in [-0.2, -0.15) is 10.5 Å². The molecule has 0 unspecified atom stereocenters. The van der Waals surface area contributed by atoms with Crippen LogP contribution in [-0.2, 0) is 0 Å². The maximum absolute atomic E-state index is 9.01. The zero-order valence-corrected chi connectivity index (χ0v) is 34.3. The summed E-state index contributed by atoms with van der Waals surface area (Å²) in [5.74, 6) is 1.89. The van der Waals surface area contributed by atoms with Gasteiger partial charge in [-0.05, 0) is 129 Å². The molecule has 8 rings (SSSR count). The second-order valence-corrected chi connectivity index (χ2v) is 15.5. The van der Waals surface area contributed by atoms with Crippen LogP contribution in [0.1, 0.15) is 36.8 Å². The van der Waals surface area contributed by atoms with E-state index < -0.39 is 0 Å². The SMILES string of the molecule is N#Cc1ccc(NC(=S)NC2CCN(c3ncnc4cc(Cl)ccc34)CC2)cc1.N#Cc1cccc(NC(=S)NC2CCN(c3ncnc4cc(Cl)ccc34)CC2)c1. The largest absolute Gasteiger partial charge is 0.360 e. The van der Waals surface area contributed by atoms with Gasteiger partial charge in [-0.25, -0.2) is 19.9 Å². The molecular formula is C42H38Cl2N12S2. The number of halogens is 2. The van der Waals surface area contributed by atoms with Crippen molar-refractivity contribution < 1.29 is 0 Å². The van der Waals surface area contributed by atoms with Crippen molar-refractivity contribution in [2.24, 2.45) is 0 Å². The van der Waals surface area contributed by atoms with E-state index in [0.717, 1.165) is 96.7 Å². The Balaban J connectivity index is 0.000000177. The summed E-state index contributed by atoms with van der Waals surface area (Å²) in [6.45, 7) is 3.51. The van der Waals surface area contributed by atoms with E-state index in [2.05, 4.69) is 63.1 Å². The van der Waals surface area contributed by atoms with Gasteiger partial charge in [0.1, 0.15) is 24.3 Å².